The maximum Gasteiger partial charge on any atom is 0.345 e. The van der Waals surface area contributed by atoms with E-state index in [1.807, 2.05) is 19.1 Å². The number of urea groups is 1. The van der Waals surface area contributed by atoms with Crippen LogP contribution in [-0.4, -0.2) is 32.4 Å². The number of anilines is 1. The third-order valence-corrected chi connectivity index (χ3v) is 2.48. The molecule has 0 saturated carbocycles. The lowest BCUT2D eigenvalue weighted by molar-refractivity contribution is -0.0598. The maximum absolute atomic E-state index is 11.6. The van der Waals surface area contributed by atoms with Gasteiger partial charge in [-0.25, -0.2) is 9.86 Å². The first kappa shape index (κ1) is 13.3. The second-order valence-electron chi connectivity index (χ2n) is 3.46. The number of carbonyl (C=O) groups excluding carboxylic acids is 1. The van der Waals surface area contributed by atoms with Gasteiger partial charge in [0.1, 0.15) is 5.75 Å². The van der Waals surface area contributed by atoms with Crippen LogP contribution in [0.15, 0.2) is 18.2 Å². The number of nitrogens with zero attached hydrogens (tertiary/aromatic N) is 1. The summed E-state index contributed by atoms with van der Waals surface area (Å²) >= 11 is 0. The molecule has 0 aliphatic rings. The highest BCUT2D eigenvalue weighted by Gasteiger charge is 2.13. The highest BCUT2D eigenvalue weighted by Crippen LogP contribution is 2.29. The van der Waals surface area contributed by atoms with Crippen molar-refractivity contribution in [1.82, 2.24) is 5.06 Å². The smallest absolute Gasteiger partial charge is 0.345 e. The lowest BCUT2D eigenvalue weighted by Gasteiger charge is -2.17. The minimum Gasteiger partial charge on any atom is -0.494 e. The number of para-hydroxylation sites is 1. The molecule has 0 bridgehead atoms. The molecule has 94 valence electrons. The second kappa shape index (κ2) is 6.10. The molecule has 5 heteroatoms. The fourth-order valence-corrected chi connectivity index (χ4v) is 1.48. The van der Waals surface area contributed by atoms with Gasteiger partial charge < -0.3 is 10.1 Å². The zero-order valence-corrected chi connectivity index (χ0v) is 10.6. The molecular weight excluding hydrogens is 220 g/mol. The van der Waals surface area contributed by atoms with Crippen molar-refractivity contribution < 1.29 is 14.4 Å². The Morgan fingerprint density at radius 2 is 2.12 bits per heavy atom. The zero-order chi connectivity index (χ0) is 12.8. The van der Waals surface area contributed by atoms with E-state index < -0.39 is 0 Å². The molecule has 0 aliphatic carbocycles. The molecule has 5 nitrogen and oxygen atoms in total. The zero-order valence-electron chi connectivity index (χ0n) is 10.6. The molecule has 1 aromatic rings. The lowest BCUT2D eigenvalue weighted by atomic mass is 10.1. The van der Waals surface area contributed by atoms with Gasteiger partial charge in [0.15, 0.2) is 0 Å². The molecule has 1 rings (SSSR count). The molecule has 0 radical (unpaired) electrons. The minimum absolute atomic E-state index is 0.348. The molecule has 1 aromatic carbocycles. The molecule has 17 heavy (non-hydrogen) atoms. The summed E-state index contributed by atoms with van der Waals surface area (Å²) in [6.45, 7) is 2.03. The summed E-state index contributed by atoms with van der Waals surface area (Å²) < 4.78 is 5.31. The van der Waals surface area contributed by atoms with Crippen molar-refractivity contribution >= 4 is 11.7 Å². The predicted octanol–water partition coefficient (Wildman–Crippen LogP) is 2.28. The van der Waals surface area contributed by atoms with Crippen molar-refractivity contribution in [1.29, 1.82) is 0 Å². The molecular formula is C12H18N2O3. The van der Waals surface area contributed by atoms with Crippen molar-refractivity contribution in [3.8, 4) is 5.75 Å². The van der Waals surface area contributed by atoms with Gasteiger partial charge in [-0.05, 0) is 18.1 Å². The van der Waals surface area contributed by atoms with Crippen molar-refractivity contribution in [2.24, 2.45) is 0 Å². The van der Waals surface area contributed by atoms with Gasteiger partial charge in [0.25, 0.3) is 0 Å². The number of carbonyl (C=O) groups is 1. The number of rotatable bonds is 4. The Kier molecular flexibility index (Phi) is 4.78. The van der Waals surface area contributed by atoms with E-state index in [2.05, 4.69) is 5.32 Å². The van der Waals surface area contributed by atoms with Crippen molar-refractivity contribution in [2.45, 2.75) is 13.3 Å². The van der Waals surface area contributed by atoms with Crippen LogP contribution in [0.25, 0.3) is 0 Å². The van der Waals surface area contributed by atoms with Crippen molar-refractivity contribution in [3.05, 3.63) is 23.8 Å². The van der Waals surface area contributed by atoms with E-state index in [1.54, 1.807) is 13.2 Å². The highest BCUT2D eigenvalue weighted by molar-refractivity contribution is 5.90. The number of methoxy groups -OCH3 is 1. The van der Waals surface area contributed by atoms with E-state index in [1.165, 1.54) is 14.2 Å². The normalized spacial score (nSPS) is 9.88. The Morgan fingerprint density at radius 3 is 2.65 bits per heavy atom. The molecule has 0 aliphatic heterocycles. The Balaban J connectivity index is 2.94. The molecule has 0 fully saturated rings. The number of benzene rings is 1. The third-order valence-electron chi connectivity index (χ3n) is 2.48. The maximum atomic E-state index is 11.6. The summed E-state index contributed by atoms with van der Waals surface area (Å²) in [5, 5.41) is 3.83. The number of aryl methyl sites for hydroxylation is 1. The Morgan fingerprint density at radius 1 is 1.41 bits per heavy atom. The Labute approximate surface area is 101 Å². The lowest BCUT2D eigenvalue weighted by Crippen LogP contribution is -2.30. The van der Waals surface area contributed by atoms with Gasteiger partial charge >= 0.3 is 6.03 Å². The average Bonchev–Trinajstić information content (AvgIpc) is 2.37. The fourth-order valence-electron chi connectivity index (χ4n) is 1.48. The molecule has 0 saturated heterocycles. The summed E-state index contributed by atoms with van der Waals surface area (Å²) in [5.74, 6) is 0.688. The number of amides is 2. The van der Waals surface area contributed by atoms with Crippen LogP contribution in [0.5, 0.6) is 5.75 Å². The first-order valence-corrected chi connectivity index (χ1v) is 5.38. The number of hydrogen-bond donors (Lipinski definition) is 1. The molecule has 1 N–H and O–H groups in total. The standard InChI is InChI=1S/C12H18N2O3/c1-5-9-7-6-8-10(11(9)16-3)13-12(15)14(2)17-4/h6-8H,5H2,1-4H3,(H,13,15). The van der Waals surface area contributed by atoms with Crippen LogP contribution in [-0.2, 0) is 11.3 Å². The van der Waals surface area contributed by atoms with E-state index in [4.69, 9.17) is 9.57 Å². The SMILES string of the molecule is CCc1cccc(NC(=O)N(C)OC)c1OC. The minimum atomic E-state index is -0.348. The van der Waals surface area contributed by atoms with Crippen molar-refractivity contribution in [3.63, 3.8) is 0 Å². The van der Waals surface area contributed by atoms with Gasteiger partial charge in [-0.1, -0.05) is 19.1 Å². The molecule has 0 heterocycles. The molecule has 0 unspecified atom stereocenters. The van der Waals surface area contributed by atoms with Crippen LogP contribution < -0.4 is 10.1 Å². The molecule has 2 amide bonds. The summed E-state index contributed by atoms with van der Waals surface area (Å²) in [7, 11) is 4.55. The van der Waals surface area contributed by atoms with E-state index in [0.29, 0.717) is 11.4 Å². The topological polar surface area (TPSA) is 50.8 Å². The van der Waals surface area contributed by atoms with Gasteiger partial charge in [-0.15, -0.1) is 0 Å². The van der Waals surface area contributed by atoms with E-state index in [9.17, 15) is 4.79 Å². The fraction of sp³-hybridized carbons (Fsp3) is 0.417. The number of ether oxygens (including phenoxy) is 1. The Bertz CT molecular complexity index is 393. The molecule has 0 spiro atoms. The van der Waals surface area contributed by atoms with Gasteiger partial charge in [0.2, 0.25) is 0 Å². The summed E-state index contributed by atoms with van der Waals surface area (Å²) in [6, 6.07) is 5.29. The molecule has 0 atom stereocenters. The van der Waals surface area contributed by atoms with Gasteiger partial charge in [-0.3, -0.25) is 4.84 Å². The number of hydroxylamine groups is 2. The van der Waals surface area contributed by atoms with Crippen molar-refractivity contribution in [2.75, 3.05) is 26.6 Å². The first-order chi connectivity index (χ1) is 8.13. The number of hydrogen-bond acceptors (Lipinski definition) is 3. The third kappa shape index (κ3) is 3.10. The average molecular weight is 238 g/mol. The van der Waals surface area contributed by atoms with Gasteiger partial charge in [-0.2, -0.15) is 0 Å². The summed E-state index contributed by atoms with van der Waals surface area (Å²) in [4.78, 5) is 16.4. The predicted molar refractivity (Wildman–Crippen MR) is 66.2 cm³/mol. The monoisotopic (exact) mass is 238 g/mol. The first-order valence-electron chi connectivity index (χ1n) is 5.38. The molecule has 0 aromatic heterocycles. The van der Waals surface area contributed by atoms with E-state index >= 15 is 0 Å². The van der Waals surface area contributed by atoms with E-state index in [-0.39, 0.29) is 6.03 Å². The quantitative estimate of drug-likeness (QED) is 0.819. The highest BCUT2D eigenvalue weighted by atomic mass is 16.7. The van der Waals surface area contributed by atoms with Crippen LogP contribution in [0.3, 0.4) is 0 Å². The summed E-state index contributed by atoms with van der Waals surface area (Å²) in [5.41, 5.74) is 1.69. The second-order valence-corrected chi connectivity index (χ2v) is 3.46. The van der Waals surface area contributed by atoms with Gasteiger partial charge in [0.05, 0.1) is 19.9 Å². The van der Waals surface area contributed by atoms with Crippen LogP contribution in [0.1, 0.15) is 12.5 Å². The van der Waals surface area contributed by atoms with Crippen LogP contribution in [0.4, 0.5) is 10.5 Å². The van der Waals surface area contributed by atoms with Crippen LogP contribution >= 0.6 is 0 Å². The largest absolute Gasteiger partial charge is 0.494 e. The van der Waals surface area contributed by atoms with E-state index in [0.717, 1.165) is 17.0 Å². The summed E-state index contributed by atoms with van der Waals surface area (Å²) in [6.07, 6.45) is 0.840. The van der Waals surface area contributed by atoms with Gasteiger partial charge in [0, 0.05) is 7.05 Å². The van der Waals surface area contributed by atoms with Crippen LogP contribution in [0, 0.1) is 0 Å². The Hall–Kier alpha value is -1.75. The number of nitrogens with one attached hydrogen (secondary N) is 1. The van der Waals surface area contributed by atoms with Crippen LogP contribution in [0.2, 0.25) is 0 Å².